The minimum atomic E-state index is -3.55. The van der Waals surface area contributed by atoms with E-state index in [0.717, 1.165) is 5.56 Å². The number of hydrogen-bond donors (Lipinski definition) is 2. The minimum Gasteiger partial charge on any atom is -0.368 e. The summed E-state index contributed by atoms with van der Waals surface area (Å²) in [6.07, 6.45) is 1.62. The molecule has 0 radical (unpaired) electrons. The number of sulfonamides is 1. The molecule has 0 fully saturated rings. The van der Waals surface area contributed by atoms with Gasteiger partial charge in [0.25, 0.3) is 10.0 Å². The molecule has 0 heterocycles. The Balaban J connectivity index is 0.00000289. The van der Waals surface area contributed by atoms with Crippen molar-refractivity contribution in [1.82, 2.24) is 10.0 Å². The molecule has 1 aromatic rings. The second-order valence-corrected chi connectivity index (χ2v) is 5.25. The zero-order chi connectivity index (χ0) is 12.9. The molecule has 100 valence electrons. The maximum Gasteiger partial charge on any atom is 0.262 e. The summed E-state index contributed by atoms with van der Waals surface area (Å²) in [7, 11) is -3.55. The third kappa shape index (κ3) is 4.85. The van der Waals surface area contributed by atoms with Crippen LogP contribution in [0.3, 0.4) is 0 Å². The van der Waals surface area contributed by atoms with Crippen molar-refractivity contribution in [2.45, 2.75) is 11.8 Å². The summed E-state index contributed by atoms with van der Waals surface area (Å²) in [5.74, 6) is 0.227. The number of hydrogen-bond acceptors (Lipinski definition) is 3. The Hall–Kier alpha value is -1.40. The van der Waals surface area contributed by atoms with Gasteiger partial charge in [0.15, 0.2) is 0 Å². The fourth-order valence-electron chi connectivity index (χ4n) is 1.17. The second kappa shape index (κ2) is 7.13. The van der Waals surface area contributed by atoms with Gasteiger partial charge >= 0.3 is 0 Å². The molecule has 0 saturated heterocycles. The SMILES string of the molecule is C=CCNC(=C)NS(=O)(=O)c1ccc(C)cc1.S. The van der Waals surface area contributed by atoms with E-state index in [4.69, 9.17) is 0 Å². The summed E-state index contributed by atoms with van der Waals surface area (Å²) < 4.78 is 26.1. The summed E-state index contributed by atoms with van der Waals surface area (Å²) in [5, 5.41) is 2.77. The molecule has 18 heavy (non-hydrogen) atoms. The molecule has 4 nitrogen and oxygen atoms in total. The van der Waals surface area contributed by atoms with E-state index in [0.29, 0.717) is 6.54 Å². The highest BCUT2D eigenvalue weighted by Gasteiger charge is 2.13. The van der Waals surface area contributed by atoms with Gasteiger partial charge in [-0.1, -0.05) is 30.4 Å². The Morgan fingerprint density at radius 3 is 2.39 bits per heavy atom. The fourth-order valence-corrected chi connectivity index (χ4v) is 2.18. The first-order valence-corrected chi connectivity index (χ1v) is 6.57. The van der Waals surface area contributed by atoms with E-state index in [1.54, 1.807) is 30.3 Å². The van der Waals surface area contributed by atoms with E-state index in [1.807, 2.05) is 6.92 Å². The highest BCUT2D eigenvalue weighted by atomic mass is 32.2. The van der Waals surface area contributed by atoms with Gasteiger partial charge in [0.05, 0.1) is 4.90 Å². The zero-order valence-electron chi connectivity index (χ0n) is 10.2. The molecule has 0 amide bonds. The van der Waals surface area contributed by atoms with Crippen LogP contribution in [0.5, 0.6) is 0 Å². The van der Waals surface area contributed by atoms with E-state index in [1.165, 1.54) is 0 Å². The van der Waals surface area contributed by atoms with Crippen molar-refractivity contribution < 1.29 is 8.42 Å². The lowest BCUT2D eigenvalue weighted by molar-refractivity contribution is 0.585. The first kappa shape index (κ1) is 16.6. The molecular weight excluding hydrogens is 268 g/mol. The molecule has 1 aromatic carbocycles. The van der Waals surface area contributed by atoms with Crippen molar-refractivity contribution in [2.24, 2.45) is 0 Å². The molecule has 0 aliphatic carbocycles. The van der Waals surface area contributed by atoms with Crippen molar-refractivity contribution in [3.8, 4) is 0 Å². The van der Waals surface area contributed by atoms with Crippen LogP contribution in [-0.4, -0.2) is 15.0 Å². The van der Waals surface area contributed by atoms with Crippen molar-refractivity contribution in [3.63, 3.8) is 0 Å². The van der Waals surface area contributed by atoms with Gasteiger partial charge in [-0.15, -0.1) is 6.58 Å². The molecule has 0 spiro atoms. The number of nitrogens with one attached hydrogen (secondary N) is 2. The van der Waals surface area contributed by atoms with Crippen molar-refractivity contribution in [1.29, 1.82) is 0 Å². The first-order chi connectivity index (χ1) is 7.95. The Labute approximate surface area is 115 Å². The van der Waals surface area contributed by atoms with Crippen LogP contribution in [0.2, 0.25) is 0 Å². The summed E-state index contributed by atoms with van der Waals surface area (Å²) in [6, 6.07) is 6.60. The molecule has 0 atom stereocenters. The summed E-state index contributed by atoms with van der Waals surface area (Å²) >= 11 is 0. The molecule has 0 aliphatic heterocycles. The topological polar surface area (TPSA) is 58.2 Å². The number of aryl methyl sites for hydroxylation is 1. The normalized spacial score (nSPS) is 10.1. The molecule has 0 aliphatic rings. The maximum atomic E-state index is 11.9. The molecule has 0 bridgehead atoms. The Kier molecular flexibility index (Phi) is 6.57. The molecule has 0 unspecified atom stereocenters. The zero-order valence-corrected chi connectivity index (χ0v) is 12.0. The van der Waals surface area contributed by atoms with E-state index in [9.17, 15) is 8.42 Å². The predicted octanol–water partition coefficient (Wildman–Crippen LogP) is 1.63. The van der Waals surface area contributed by atoms with Gasteiger partial charge in [0, 0.05) is 6.54 Å². The van der Waals surface area contributed by atoms with Gasteiger partial charge in [-0.3, -0.25) is 4.72 Å². The lowest BCUT2D eigenvalue weighted by atomic mass is 10.2. The van der Waals surface area contributed by atoms with E-state index < -0.39 is 10.0 Å². The quantitative estimate of drug-likeness (QED) is 0.782. The van der Waals surface area contributed by atoms with Crippen molar-refractivity contribution in [3.05, 3.63) is 54.9 Å². The lowest BCUT2D eigenvalue weighted by Gasteiger charge is -2.11. The highest BCUT2D eigenvalue weighted by molar-refractivity contribution is 7.89. The second-order valence-electron chi connectivity index (χ2n) is 3.57. The highest BCUT2D eigenvalue weighted by Crippen LogP contribution is 2.10. The van der Waals surface area contributed by atoms with Crippen LogP contribution in [0.4, 0.5) is 0 Å². The van der Waals surface area contributed by atoms with Crippen LogP contribution < -0.4 is 10.0 Å². The Bertz CT molecular complexity index is 507. The molecule has 1 rings (SSSR count). The molecule has 0 saturated carbocycles. The van der Waals surface area contributed by atoms with Crippen LogP contribution in [0.15, 0.2) is 54.2 Å². The smallest absolute Gasteiger partial charge is 0.262 e. The Morgan fingerprint density at radius 2 is 1.89 bits per heavy atom. The maximum absolute atomic E-state index is 11.9. The molecule has 6 heteroatoms. The van der Waals surface area contributed by atoms with Crippen LogP contribution in [-0.2, 0) is 10.0 Å². The van der Waals surface area contributed by atoms with E-state index >= 15 is 0 Å². The summed E-state index contributed by atoms with van der Waals surface area (Å²) in [6.45, 7) is 9.44. The van der Waals surface area contributed by atoms with E-state index in [2.05, 4.69) is 23.2 Å². The summed E-state index contributed by atoms with van der Waals surface area (Å²) in [5.41, 5.74) is 1.01. The van der Waals surface area contributed by atoms with Gasteiger partial charge in [-0.05, 0) is 19.1 Å². The average Bonchev–Trinajstić information content (AvgIpc) is 2.26. The average molecular weight is 286 g/mol. The monoisotopic (exact) mass is 286 g/mol. The van der Waals surface area contributed by atoms with Gasteiger partial charge in [0.2, 0.25) is 0 Å². The number of benzene rings is 1. The third-order valence-corrected chi connectivity index (χ3v) is 3.46. The van der Waals surface area contributed by atoms with Crippen LogP contribution in [0, 0.1) is 6.92 Å². The lowest BCUT2D eigenvalue weighted by Crippen LogP contribution is -2.30. The predicted molar refractivity (Wildman–Crippen MR) is 79.2 cm³/mol. The first-order valence-electron chi connectivity index (χ1n) is 5.09. The van der Waals surface area contributed by atoms with Crippen LogP contribution in [0.25, 0.3) is 0 Å². The van der Waals surface area contributed by atoms with Gasteiger partial charge < -0.3 is 5.32 Å². The molecule has 2 N–H and O–H groups in total. The van der Waals surface area contributed by atoms with Gasteiger partial charge in [-0.25, -0.2) is 8.42 Å². The standard InChI is InChI=1S/C12H16N2O2S.H2S/c1-4-9-13-11(3)14-17(15,16)12-7-5-10(2)6-8-12;/h4-8,13-14H,1,3,9H2,2H3;1H2. The van der Waals surface area contributed by atoms with Crippen molar-refractivity contribution in [2.75, 3.05) is 6.54 Å². The molecule has 0 aromatic heterocycles. The van der Waals surface area contributed by atoms with Gasteiger partial charge in [0.1, 0.15) is 5.82 Å². The largest absolute Gasteiger partial charge is 0.368 e. The minimum absolute atomic E-state index is 0. The summed E-state index contributed by atoms with van der Waals surface area (Å²) in [4.78, 5) is 0.213. The van der Waals surface area contributed by atoms with Crippen LogP contribution >= 0.6 is 13.5 Å². The number of rotatable bonds is 6. The molecular formula is C12H18N2O2S2. The van der Waals surface area contributed by atoms with Gasteiger partial charge in [-0.2, -0.15) is 13.5 Å². The van der Waals surface area contributed by atoms with Crippen molar-refractivity contribution >= 4 is 23.5 Å². The Morgan fingerprint density at radius 1 is 1.33 bits per heavy atom. The third-order valence-electron chi connectivity index (χ3n) is 2.05. The van der Waals surface area contributed by atoms with E-state index in [-0.39, 0.29) is 24.2 Å². The fraction of sp³-hybridized carbons (Fsp3) is 0.167. The van der Waals surface area contributed by atoms with Crippen LogP contribution in [0.1, 0.15) is 5.56 Å².